The predicted molar refractivity (Wildman–Crippen MR) is 83.8 cm³/mol. The van der Waals surface area contributed by atoms with Crippen LogP contribution in [0.2, 0.25) is 5.02 Å². The Hall–Kier alpha value is -1.78. The van der Waals surface area contributed by atoms with Crippen LogP contribution in [0.4, 0.5) is 0 Å². The number of rotatable bonds is 2. The number of hydrogen-bond donors (Lipinski definition) is 1. The summed E-state index contributed by atoms with van der Waals surface area (Å²) in [5, 5.41) is 0.767. The highest BCUT2D eigenvalue weighted by atomic mass is 35.5. The van der Waals surface area contributed by atoms with Crippen LogP contribution in [0.1, 0.15) is 5.56 Å². The van der Waals surface area contributed by atoms with Gasteiger partial charge in [0.25, 0.3) is 5.56 Å². The standard InChI is InChI=1S/C15H11ClN2OS/c16-14-12(20)7-6-11-13(14)15(19)18(9-17-11)8-10-4-2-1-3-5-10/h1-7,9,20H,8H2. The van der Waals surface area contributed by atoms with Crippen LogP contribution in [0.15, 0.2) is 58.5 Å². The first-order valence-corrected chi connectivity index (χ1v) is 6.90. The first kappa shape index (κ1) is 13.2. The van der Waals surface area contributed by atoms with E-state index >= 15 is 0 Å². The van der Waals surface area contributed by atoms with E-state index in [-0.39, 0.29) is 5.56 Å². The number of thiol groups is 1. The summed E-state index contributed by atoms with van der Waals surface area (Å²) in [6.45, 7) is 0.468. The molecule has 0 amide bonds. The summed E-state index contributed by atoms with van der Waals surface area (Å²) in [5.74, 6) is 0. The summed E-state index contributed by atoms with van der Waals surface area (Å²) in [6, 6.07) is 13.2. The minimum Gasteiger partial charge on any atom is -0.294 e. The highest BCUT2D eigenvalue weighted by molar-refractivity contribution is 7.80. The van der Waals surface area contributed by atoms with Gasteiger partial charge in [-0.3, -0.25) is 9.36 Å². The van der Waals surface area contributed by atoms with Gasteiger partial charge in [0.1, 0.15) is 0 Å². The van der Waals surface area contributed by atoms with Crippen molar-refractivity contribution in [1.82, 2.24) is 9.55 Å². The van der Waals surface area contributed by atoms with Crippen LogP contribution in [0.25, 0.3) is 10.9 Å². The van der Waals surface area contributed by atoms with Crippen molar-refractivity contribution in [2.24, 2.45) is 0 Å². The minimum absolute atomic E-state index is 0.153. The molecule has 0 unspecified atom stereocenters. The molecule has 0 spiro atoms. The molecular formula is C15H11ClN2OS. The molecule has 0 saturated carbocycles. The van der Waals surface area contributed by atoms with E-state index in [0.29, 0.717) is 27.4 Å². The molecule has 0 bridgehead atoms. The summed E-state index contributed by atoms with van der Waals surface area (Å²) in [5.41, 5.74) is 1.47. The van der Waals surface area contributed by atoms with E-state index in [1.807, 2.05) is 30.3 Å². The van der Waals surface area contributed by atoms with Gasteiger partial charge in [-0.25, -0.2) is 4.98 Å². The first-order valence-electron chi connectivity index (χ1n) is 6.07. The molecule has 1 heterocycles. The molecule has 20 heavy (non-hydrogen) atoms. The van der Waals surface area contributed by atoms with Crippen molar-refractivity contribution in [2.75, 3.05) is 0 Å². The third-order valence-electron chi connectivity index (χ3n) is 3.11. The lowest BCUT2D eigenvalue weighted by molar-refractivity contribution is 0.748. The molecule has 3 rings (SSSR count). The quantitative estimate of drug-likeness (QED) is 0.737. The zero-order chi connectivity index (χ0) is 14.1. The van der Waals surface area contributed by atoms with E-state index in [0.717, 1.165) is 5.56 Å². The van der Waals surface area contributed by atoms with E-state index in [4.69, 9.17) is 11.6 Å². The van der Waals surface area contributed by atoms with Crippen LogP contribution < -0.4 is 5.56 Å². The Bertz CT molecular complexity index is 830. The largest absolute Gasteiger partial charge is 0.294 e. The average Bonchev–Trinajstić information content (AvgIpc) is 2.47. The number of fused-ring (bicyclic) bond motifs is 1. The summed E-state index contributed by atoms with van der Waals surface area (Å²) in [7, 11) is 0. The third kappa shape index (κ3) is 2.32. The van der Waals surface area contributed by atoms with Gasteiger partial charge in [0.2, 0.25) is 0 Å². The van der Waals surface area contributed by atoms with E-state index in [2.05, 4.69) is 17.6 Å². The molecule has 0 aliphatic carbocycles. The lowest BCUT2D eigenvalue weighted by atomic mass is 10.2. The van der Waals surface area contributed by atoms with Gasteiger partial charge in [0.05, 0.1) is 28.8 Å². The Morgan fingerprint density at radius 1 is 1.15 bits per heavy atom. The maximum absolute atomic E-state index is 12.5. The Balaban J connectivity index is 2.16. The summed E-state index contributed by atoms with van der Waals surface area (Å²) < 4.78 is 1.55. The van der Waals surface area contributed by atoms with Crippen LogP contribution in [-0.2, 0) is 6.54 Å². The third-order valence-corrected chi connectivity index (χ3v) is 4.00. The van der Waals surface area contributed by atoms with Gasteiger partial charge in [0, 0.05) is 4.90 Å². The zero-order valence-electron chi connectivity index (χ0n) is 10.5. The molecule has 0 radical (unpaired) electrons. The molecule has 0 N–H and O–H groups in total. The van der Waals surface area contributed by atoms with Gasteiger partial charge in [-0.2, -0.15) is 0 Å². The number of benzene rings is 2. The molecule has 0 aliphatic rings. The normalized spacial score (nSPS) is 10.9. The lowest BCUT2D eigenvalue weighted by Crippen LogP contribution is -2.21. The summed E-state index contributed by atoms with van der Waals surface area (Å²) >= 11 is 10.4. The fourth-order valence-electron chi connectivity index (χ4n) is 2.09. The van der Waals surface area contributed by atoms with Crippen LogP contribution in [0.5, 0.6) is 0 Å². The molecule has 0 atom stereocenters. The maximum Gasteiger partial charge on any atom is 0.263 e. The second-order valence-electron chi connectivity index (χ2n) is 4.46. The second-order valence-corrected chi connectivity index (χ2v) is 5.32. The van der Waals surface area contributed by atoms with Gasteiger partial charge in [-0.05, 0) is 17.7 Å². The fourth-order valence-corrected chi connectivity index (χ4v) is 2.51. The molecule has 100 valence electrons. The van der Waals surface area contributed by atoms with Crippen LogP contribution in [0.3, 0.4) is 0 Å². The monoisotopic (exact) mass is 302 g/mol. The molecule has 1 aromatic heterocycles. The van der Waals surface area contributed by atoms with Gasteiger partial charge < -0.3 is 0 Å². The SMILES string of the molecule is O=c1c2c(Cl)c(S)ccc2ncn1Cc1ccccc1. The average molecular weight is 303 g/mol. The first-order chi connectivity index (χ1) is 9.66. The van der Waals surface area contributed by atoms with Crippen molar-refractivity contribution in [3.8, 4) is 0 Å². The van der Waals surface area contributed by atoms with Crippen molar-refractivity contribution in [1.29, 1.82) is 0 Å². The molecule has 0 fully saturated rings. The molecule has 5 heteroatoms. The van der Waals surface area contributed by atoms with Crippen LogP contribution >= 0.6 is 24.2 Å². The molecule has 0 saturated heterocycles. The summed E-state index contributed by atoms with van der Waals surface area (Å²) in [4.78, 5) is 17.4. The molecular weight excluding hydrogens is 292 g/mol. The highest BCUT2D eigenvalue weighted by Gasteiger charge is 2.10. The van der Waals surface area contributed by atoms with E-state index in [9.17, 15) is 4.79 Å². The molecule has 3 nitrogen and oxygen atoms in total. The molecule has 0 aliphatic heterocycles. The van der Waals surface area contributed by atoms with E-state index in [1.54, 1.807) is 23.0 Å². The number of aromatic nitrogens is 2. The minimum atomic E-state index is -0.153. The Morgan fingerprint density at radius 3 is 2.65 bits per heavy atom. The number of halogens is 1. The zero-order valence-corrected chi connectivity index (χ0v) is 12.1. The van der Waals surface area contributed by atoms with Crippen molar-refractivity contribution in [3.05, 3.63) is 69.7 Å². The Kier molecular flexibility index (Phi) is 3.51. The lowest BCUT2D eigenvalue weighted by Gasteiger charge is -2.08. The molecule has 3 aromatic rings. The van der Waals surface area contributed by atoms with Gasteiger partial charge in [-0.15, -0.1) is 12.6 Å². The second kappa shape index (κ2) is 5.31. The summed E-state index contributed by atoms with van der Waals surface area (Å²) in [6.07, 6.45) is 1.55. The topological polar surface area (TPSA) is 34.9 Å². The fraction of sp³-hybridized carbons (Fsp3) is 0.0667. The highest BCUT2D eigenvalue weighted by Crippen LogP contribution is 2.26. The van der Waals surface area contributed by atoms with E-state index < -0.39 is 0 Å². The predicted octanol–water partition coefficient (Wildman–Crippen LogP) is 3.39. The van der Waals surface area contributed by atoms with Crippen molar-refractivity contribution < 1.29 is 0 Å². The molecule has 2 aromatic carbocycles. The van der Waals surface area contributed by atoms with Gasteiger partial charge >= 0.3 is 0 Å². The van der Waals surface area contributed by atoms with Crippen molar-refractivity contribution in [2.45, 2.75) is 11.4 Å². The van der Waals surface area contributed by atoms with Crippen LogP contribution in [0, 0.1) is 0 Å². The Morgan fingerprint density at radius 2 is 1.90 bits per heavy atom. The van der Waals surface area contributed by atoms with Crippen molar-refractivity contribution in [3.63, 3.8) is 0 Å². The van der Waals surface area contributed by atoms with Crippen molar-refractivity contribution >= 4 is 35.1 Å². The number of hydrogen-bond acceptors (Lipinski definition) is 3. The van der Waals surface area contributed by atoms with E-state index in [1.165, 1.54) is 0 Å². The Labute approximate surface area is 126 Å². The smallest absolute Gasteiger partial charge is 0.263 e. The van der Waals surface area contributed by atoms with Crippen LogP contribution in [-0.4, -0.2) is 9.55 Å². The van der Waals surface area contributed by atoms with Gasteiger partial charge in [-0.1, -0.05) is 41.9 Å². The number of nitrogens with zero attached hydrogens (tertiary/aromatic N) is 2. The van der Waals surface area contributed by atoms with Gasteiger partial charge in [0.15, 0.2) is 0 Å². The maximum atomic E-state index is 12.5.